The average Bonchev–Trinajstić information content (AvgIpc) is 3.30. The van der Waals surface area contributed by atoms with E-state index in [9.17, 15) is 4.79 Å². The molecular weight excluding hydrogens is 426 g/mol. The molecule has 0 radical (unpaired) electrons. The second kappa shape index (κ2) is 9.46. The Hall–Kier alpha value is -4.65. The number of nitrogens with one attached hydrogen (secondary N) is 2. The van der Waals surface area contributed by atoms with Gasteiger partial charge in [-0.2, -0.15) is 4.98 Å². The van der Waals surface area contributed by atoms with E-state index in [-0.39, 0.29) is 17.9 Å². The molecule has 5 rings (SSSR count). The zero-order valence-electron chi connectivity index (χ0n) is 18.6. The molecule has 0 saturated carbocycles. The highest BCUT2D eigenvalue weighted by Gasteiger charge is 2.25. The maximum absolute atomic E-state index is 12.5. The summed E-state index contributed by atoms with van der Waals surface area (Å²) in [7, 11) is 1.62. The van der Waals surface area contributed by atoms with Gasteiger partial charge in [0.15, 0.2) is 0 Å². The quantitative estimate of drug-likeness (QED) is 0.405. The summed E-state index contributed by atoms with van der Waals surface area (Å²) >= 11 is 0. The van der Waals surface area contributed by atoms with Gasteiger partial charge in [0.1, 0.15) is 11.8 Å². The molecule has 1 aromatic heterocycles. The number of nitrogens with zero attached hydrogens (tertiary/aromatic N) is 3. The van der Waals surface area contributed by atoms with Gasteiger partial charge in [0, 0.05) is 11.8 Å². The highest BCUT2D eigenvalue weighted by atomic mass is 16.5. The molecule has 1 atom stereocenters. The summed E-state index contributed by atoms with van der Waals surface area (Å²) in [5, 5.41) is 10.7. The molecule has 0 unspecified atom stereocenters. The number of benzene rings is 3. The van der Waals surface area contributed by atoms with Crippen molar-refractivity contribution in [1.29, 1.82) is 0 Å². The lowest BCUT2D eigenvalue weighted by molar-refractivity contribution is -0.111. The van der Waals surface area contributed by atoms with E-state index in [4.69, 9.17) is 4.74 Å². The van der Waals surface area contributed by atoms with E-state index in [0.29, 0.717) is 5.95 Å². The molecule has 4 aromatic rings. The maximum Gasteiger partial charge on any atom is 0.250 e. The van der Waals surface area contributed by atoms with Crippen LogP contribution in [0.5, 0.6) is 5.75 Å². The number of anilines is 2. The van der Waals surface area contributed by atoms with Crippen LogP contribution >= 0.6 is 0 Å². The summed E-state index contributed by atoms with van der Waals surface area (Å²) in [4.78, 5) is 17.1. The summed E-state index contributed by atoms with van der Waals surface area (Å²) in [5.41, 5.74) is 3.94. The Kier molecular flexibility index (Phi) is 5.90. The van der Waals surface area contributed by atoms with E-state index in [1.165, 1.54) is 6.08 Å². The first-order chi connectivity index (χ1) is 16.7. The molecule has 168 valence electrons. The third-order valence-electron chi connectivity index (χ3n) is 5.47. The van der Waals surface area contributed by atoms with Crippen LogP contribution in [-0.4, -0.2) is 27.8 Å². The number of allylic oxidation sites excluding steroid dienone is 1. The average molecular weight is 450 g/mol. The van der Waals surface area contributed by atoms with Gasteiger partial charge in [-0.05, 0) is 41.0 Å². The summed E-state index contributed by atoms with van der Waals surface area (Å²) in [6, 6.07) is 27.4. The van der Waals surface area contributed by atoms with Crippen molar-refractivity contribution in [3.05, 3.63) is 114 Å². The first-order valence-electron chi connectivity index (χ1n) is 10.9. The molecule has 0 bridgehead atoms. The predicted molar refractivity (Wildman–Crippen MR) is 133 cm³/mol. The fourth-order valence-electron chi connectivity index (χ4n) is 3.76. The Morgan fingerprint density at radius 3 is 2.41 bits per heavy atom. The molecule has 2 N–H and O–H groups in total. The Morgan fingerprint density at radius 2 is 1.71 bits per heavy atom. The Balaban J connectivity index is 1.39. The molecular formula is C27H23N5O2. The number of hydrogen-bond acceptors (Lipinski definition) is 5. The zero-order valence-corrected chi connectivity index (χ0v) is 18.6. The van der Waals surface area contributed by atoms with Crippen molar-refractivity contribution in [2.75, 3.05) is 17.7 Å². The fourth-order valence-corrected chi connectivity index (χ4v) is 3.76. The molecule has 1 amide bonds. The number of amides is 1. The van der Waals surface area contributed by atoms with Gasteiger partial charge in [-0.3, -0.25) is 10.1 Å². The van der Waals surface area contributed by atoms with Crippen LogP contribution in [0.3, 0.4) is 0 Å². The van der Waals surface area contributed by atoms with Gasteiger partial charge in [-0.15, -0.1) is 5.10 Å². The normalized spacial score (nSPS) is 14.7. The second-order valence-electron chi connectivity index (χ2n) is 7.73. The van der Waals surface area contributed by atoms with Crippen LogP contribution in [0.4, 0.5) is 11.9 Å². The van der Waals surface area contributed by atoms with Crippen molar-refractivity contribution in [1.82, 2.24) is 14.8 Å². The third-order valence-corrected chi connectivity index (χ3v) is 5.47. The van der Waals surface area contributed by atoms with Crippen molar-refractivity contribution < 1.29 is 9.53 Å². The SMILES string of the molecule is COc1ccc(/C=C/C(=O)Nc2nc3n(n2)[C@H](c2ccccc2)C=C(c2ccccc2)N3)cc1. The predicted octanol–water partition coefficient (Wildman–Crippen LogP) is 4.99. The number of carbonyl (C=O) groups is 1. The van der Waals surface area contributed by atoms with E-state index in [0.717, 1.165) is 28.1 Å². The fraction of sp³-hybridized carbons (Fsp3) is 0.0741. The van der Waals surface area contributed by atoms with E-state index < -0.39 is 0 Å². The zero-order chi connectivity index (χ0) is 23.3. The Labute approximate surface area is 197 Å². The van der Waals surface area contributed by atoms with Crippen LogP contribution in [0.15, 0.2) is 97.1 Å². The summed E-state index contributed by atoms with van der Waals surface area (Å²) in [5.74, 6) is 1.24. The van der Waals surface area contributed by atoms with E-state index >= 15 is 0 Å². The second-order valence-corrected chi connectivity index (χ2v) is 7.73. The van der Waals surface area contributed by atoms with Gasteiger partial charge in [-0.25, -0.2) is 4.68 Å². The van der Waals surface area contributed by atoms with Crippen molar-refractivity contribution in [3.63, 3.8) is 0 Å². The maximum atomic E-state index is 12.5. The number of aromatic nitrogens is 3. The molecule has 34 heavy (non-hydrogen) atoms. The van der Waals surface area contributed by atoms with Gasteiger partial charge >= 0.3 is 0 Å². The highest BCUT2D eigenvalue weighted by Crippen LogP contribution is 2.33. The number of hydrogen-bond donors (Lipinski definition) is 2. The number of ether oxygens (including phenoxy) is 1. The molecule has 0 spiro atoms. The van der Waals surface area contributed by atoms with E-state index in [1.807, 2.05) is 72.8 Å². The number of rotatable bonds is 6. The molecule has 1 aliphatic heterocycles. The Bertz CT molecular complexity index is 1340. The minimum Gasteiger partial charge on any atom is -0.497 e. The van der Waals surface area contributed by atoms with Crippen LogP contribution < -0.4 is 15.4 Å². The van der Waals surface area contributed by atoms with Crippen molar-refractivity contribution in [3.8, 4) is 5.75 Å². The first-order valence-corrected chi connectivity index (χ1v) is 10.9. The van der Waals surface area contributed by atoms with Crippen molar-refractivity contribution in [2.24, 2.45) is 0 Å². The molecule has 7 nitrogen and oxygen atoms in total. The van der Waals surface area contributed by atoms with Crippen LogP contribution in [-0.2, 0) is 4.79 Å². The number of carbonyl (C=O) groups excluding carboxylic acids is 1. The van der Waals surface area contributed by atoms with Gasteiger partial charge in [0.05, 0.1) is 7.11 Å². The third kappa shape index (κ3) is 4.59. The lowest BCUT2D eigenvalue weighted by atomic mass is 10.0. The number of methoxy groups -OCH3 is 1. The van der Waals surface area contributed by atoms with Gasteiger partial charge in [-0.1, -0.05) is 72.8 Å². The summed E-state index contributed by atoms with van der Waals surface area (Å²) in [6.45, 7) is 0. The van der Waals surface area contributed by atoms with Crippen LogP contribution in [0, 0.1) is 0 Å². The monoisotopic (exact) mass is 449 g/mol. The molecule has 2 heterocycles. The summed E-state index contributed by atoms with van der Waals surface area (Å²) in [6.07, 6.45) is 5.30. The molecule has 0 saturated heterocycles. The number of fused-ring (bicyclic) bond motifs is 1. The smallest absolute Gasteiger partial charge is 0.250 e. The topological polar surface area (TPSA) is 81.1 Å². The minimum atomic E-state index is -0.314. The van der Waals surface area contributed by atoms with Gasteiger partial charge in [0.2, 0.25) is 5.95 Å². The molecule has 0 fully saturated rings. The molecule has 7 heteroatoms. The van der Waals surface area contributed by atoms with E-state index in [1.54, 1.807) is 17.9 Å². The standard InChI is InChI=1S/C27H23N5O2/c1-34-22-15-12-19(13-16-22)14-17-25(33)29-26-30-27-28-23(20-8-4-2-5-9-20)18-24(32(27)31-26)21-10-6-3-7-11-21/h2-18,24H,1H3,(H2,28,29,30,31,33)/b17-14+/t24-/m0/s1. The van der Waals surface area contributed by atoms with E-state index in [2.05, 4.69) is 38.9 Å². The minimum absolute atomic E-state index is 0.166. The van der Waals surface area contributed by atoms with Crippen LogP contribution in [0.25, 0.3) is 11.8 Å². The molecule has 3 aromatic carbocycles. The van der Waals surface area contributed by atoms with Crippen molar-refractivity contribution in [2.45, 2.75) is 6.04 Å². The van der Waals surface area contributed by atoms with Crippen LogP contribution in [0.1, 0.15) is 22.7 Å². The lowest BCUT2D eigenvalue weighted by Crippen LogP contribution is -2.20. The highest BCUT2D eigenvalue weighted by molar-refractivity contribution is 6.01. The van der Waals surface area contributed by atoms with Gasteiger partial charge < -0.3 is 10.1 Å². The molecule has 0 aliphatic carbocycles. The van der Waals surface area contributed by atoms with Gasteiger partial charge in [0.25, 0.3) is 11.9 Å². The first kappa shape index (κ1) is 21.2. The van der Waals surface area contributed by atoms with Crippen molar-refractivity contribution >= 4 is 29.6 Å². The summed E-state index contributed by atoms with van der Waals surface area (Å²) < 4.78 is 6.94. The van der Waals surface area contributed by atoms with Crippen LogP contribution in [0.2, 0.25) is 0 Å². The Morgan fingerprint density at radius 1 is 1.00 bits per heavy atom. The molecule has 1 aliphatic rings. The largest absolute Gasteiger partial charge is 0.497 e. The lowest BCUT2D eigenvalue weighted by Gasteiger charge is -2.24.